The number of methoxy groups -OCH3 is 1. The maximum absolute atomic E-state index is 12.1. The van der Waals surface area contributed by atoms with E-state index in [0.717, 1.165) is 38.1 Å². The zero-order valence-corrected chi connectivity index (χ0v) is 11.9. The standard InChI is InChI=1S/C15H24N2O2/c1-3-10-16-14-9-5-4-8-13(14)15(18)17-11-6-7-12-19-2/h4-5,8-9,16H,3,6-7,10-12H2,1-2H3,(H,17,18). The quantitative estimate of drug-likeness (QED) is 0.674. The molecule has 0 atom stereocenters. The van der Waals surface area contributed by atoms with Gasteiger partial charge in [0.05, 0.1) is 5.56 Å². The molecule has 1 rings (SSSR count). The second-order valence-electron chi connectivity index (χ2n) is 4.43. The van der Waals surface area contributed by atoms with Crippen molar-refractivity contribution in [2.75, 3.05) is 32.1 Å². The van der Waals surface area contributed by atoms with E-state index in [4.69, 9.17) is 4.74 Å². The van der Waals surface area contributed by atoms with Crippen LogP contribution in [0.3, 0.4) is 0 Å². The molecule has 0 bridgehead atoms. The summed E-state index contributed by atoms with van der Waals surface area (Å²) >= 11 is 0. The lowest BCUT2D eigenvalue weighted by Gasteiger charge is -2.11. The first kappa shape index (κ1) is 15.5. The number of carbonyl (C=O) groups is 1. The highest BCUT2D eigenvalue weighted by Gasteiger charge is 2.09. The first-order chi connectivity index (χ1) is 9.29. The Kier molecular flexibility index (Phi) is 7.66. The topological polar surface area (TPSA) is 50.4 Å². The molecule has 19 heavy (non-hydrogen) atoms. The predicted octanol–water partition coefficient (Wildman–Crippen LogP) is 2.66. The molecular formula is C15H24N2O2. The predicted molar refractivity (Wildman–Crippen MR) is 78.7 cm³/mol. The van der Waals surface area contributed by atoms with Crippen LogP contribution in [0.5, 0.6) is 0 Å². The van der Waals surface area contributed by atoms with Crippen LogP contribution in [-0.2, 0) is 4.74 Å². The van der Waals surface area contributed by atoms with Crippen molar-refractivity contribution in [3.63, 3.8) is 0 Å². The van der Waals surface area contributed by atoms with Gasteiger partial charge >= 0.3 is 0 Å². The van der Waals surface area contributed by atoms with Gasteiger partial charge in [-0.25, -0.2) is 0 Å². The molecule has 0 radical (unpaired) electrons. The molecule has 0 saturated heterocycles. The Morgan fingerprint density at radius 1 is 1.21 bits per heavy atom. The monoisotopic (exact) mass is 264 g/mol. The van der Waals surface area contributed by atoms with E-state index in [-0.39, 0.29) is 5.91 Å². The fraction of sp³-hybridized carbons (Fsp3) is 0.533. The van der Waals surface area contributed by atoms with Gasteiger partial charge in [-0.05, 0) is 31.4 Å². The van der Waals surface area contributed by atoms with Gasteiger partial charge in [-0.3, -0.25) is 4.79 Å². The Morgan fingerprint density at radius 2 is 2.00 bits per heavy atom. The number of rotatable bonds is 9. The average Bonchev–Trinajstić information content (AvgIpc) is 2.45. The van der Waals surface area contributed by atoms with Crippen molar-refractivity contribution in [3.05, 3.63) is 29.8 Å². The van der Waals surface area contributed by atoms with E-state index in [2.05, 4.69) is 17.6 Å². The van der Waals surface area contributed by atoms with Gasteiger partial charge in [-0.2, -0.15) is 0 Å². The van der Waals surface area contributed by atoms with Gasteiger partial charge in [-0.15, -0.1) is 0 Å². The summed E-state index contributed by atoms with van der Waals surface area (Å²) in [5.41, 5.74) is 1.61. The number of benzene rings is 1. The van der Waals surface area contributed by atoms with Crippen LogP contribution in [0.15, 0.2) is 24.3 Å². The largest absolute Gasteiger partial charge is 0.385 e. The summed E-state index contributed by atoms with van der Waals surface area (Å²) in [6.07, 6.45) is 2.93. The third kappa shape index (κ3) is 5.75. The summed E-state index contributed by atoms with van der Waals surface area (Å²) in [5, 5.41) is 6.21. The van der Waals surface area contributed by atoms with Crippen LogP contribution in [0, 0.1) is 0 Å². The summed E-state index contributed by atoms with van der Waals surface area (Å²) < 4.78 is 4.97. The minimum Gasteiger partial charge on any atom is -0.385 e. The van der Waals surface area contributed by atoms with E-state index < -0.39 is 0 Å². The van der Waals surface area contributed by atoms with Gasteiger partial charge in [0.1, 0.15) is 0 Å². The number of ether oxygens (including phenoxy) is 1. The molecule has 0 unspecified atom stereocenters. The van der Waals surface area contributed by atoms with Crippen LogP contribution in [0.2, 0.25) is 0 Å². The second kappa shape index (κ2) is 9.39. The van der Waals surface area contributed by atoms with Gasteiger partial charge in [0.15, 0.2) is 0 Å². The lowest BCUT2D eigenvalue weighted by Crippen LogP contribution is -2.25. The molecule has 4 heteroatoms. The molecular weight excluding hydrogens is 240 g/mol. The second-order valence-corrected chi connectivity index (χ2v) is 4.43. The summed E-state index contributed by atoms with van der Waals surface area (Å²) in [7, 11) is 1.69. The molecule has 0 fully saturated rings. The maximum Gasteiger partial charge on any atom is 0.253 e. The number of amides is 1. The van der Waals surface area contributed by atoms with Crippen molar-refractivity contribution >= 4 is 11.6 Å². The zero-order valence-electron chi connectivity index (χ0n) is 11.9. The molecule has 0 heterocycles. The molecule has 106 valence electrons. The number of anilines is 1. The van der Waals surface area contributed by atoms with Gasteiger partial charge in [0.2, 0.25) is 0 Å². The smallest absolute Gasteiger partial charge is 0.253 e. The number of para-hydroxylation sites is 1. The molecule has 0 saturated carbocycles. The van der Waals surface area contributed by atoms with Gasteiger partial charge in [0.25, 0.3) is 5.91 Å². The summed E-state index contributed by atoms with van der Waals surface area (Å²) in [6.45, 7) is 4.40. The van der Waals surface area contributed by atoms with Crippen LogP contribution in [0.1, 0.15) is 36.5 Å². The van der Waals surface area contributed by atoms with Crippen molar-refractivity contribution in [2.45, 2.75) is 26.2 Å². The van der Waals surface area contributed by atoms with Crippen LogP contribution < -0.4 is 10.6 Å². The molecule has 2 N–H and O–H groups in total. The van der Waals surface area contributed by atoms with E-state index in [0.29, 0.717) is 12.1 Å². The van der Waals surface area contributed by atoms with Gasteiger partial charge in [-0.1, -0.05) is 19.1 Å². The molecule has 1 amide bonds. The van der Waals surface area contributed by atoms with Crippen molar-refractivity contribution in [1.82, 2.24) is 5.32 Å². The number of hydrogen-bond donors (Lipinski definition) is 2. The van der Waals surface area contributed by atoms with E-state index in [1.54, 1.807) is 7.11 Å². The van der Waals surface area contributed by atoms with Crippen LogP contribution in [0.25, 0.3) is 0 Å². The third-order valence-electron chi connectivity index (χ3n) is 2.80. The zero-order chi connectivity index (χ0) is 13.9. The molecule has 1 aromatic rings. The Morgan fingerprint density at radius 3 is 2.74 bits per heavy atom. The molecule has 0 aromatic heterocycles. The van der Waals surface area contributed by atoms with Crippen molar-refractivity contribution in [3.8, 4) is 0 Å². The number of unbranched alkanes of at least 4 members (excludes halogenated alkanes) is 1. The summed E-state index contributed by atoms with van der Waals surface area (Å²) in [6, 6.07) is 7.61. The Bertz CT molecular complexity index is 380. The van der Waals surface area contributed by atoms with Crippen LogP contribution in [-0.4, -0.2) is 32.7 Å². The van der Waals surface area contributed by atoms with E-state index in [1.807, 2.05) is 24.3 Å². The Labute approximate surface area is 115 Å². The van der Waals surface area contributed by atoms with E-state index in [1.165, 1.54) is 0 Å². The molecule has 0 spiro atoms. The fourth-order valence-corrected chi connectivity index (χ4v) is 1.76. The first-order valence-corrected chi connectivity index (χ1v) is 6.89. The highest BCUT2D eigenvalue weighted by Crippen LogP contribution is 2.14. The number of hydrogen-bond acceptors (Lipinski definition) is 3. The van der Waals surface area contributed by atoms with Crippen molar-refractivity contribution in [2.24, 2.45) is 0 Å². The molecule has 0 aliphatic carbocycles. The molecule has 0 aliphatic heterocycles. The van der Waals surface area contributed by atoms with Crippen LogP contribution in [0.4, 0.5) is 5.69 Å². The number of carbonyl (C=O) groups excluding carboxylic acids is 1. The lowest BCUT2D eigenvalue weighted by atomic mass is 10.1. The first-order valence-electron chi connectivity index (χ1n) is 6.89. The van der Waals surface area contributed by atoms with Crippen LogP contribution >= 0.6 is 0 Å². The third-order valence-corrected chi connectivity index (χ3v) is 2.80. The summed E-state index contributed by atoms with van der Waals surface area (Å²) in [5.74, 6) is -0.0170. The van der Waals surface area contributed by atoms with Gasteiger partial charge in [0, 0.05) is 32.5 Å². The number of nitrogens with one attached hydrogen (secondary N) is 2. The molecule has 0 aliphatic rings. The minimum atomic E-state index is -0.0170. The summed E-state index contributed by atoms with van der Waals surface area (Å²) in [4.78, 5) is 12.1. The SMILES string of the molecule is CCCNc1ccccc1C(=O)NCCCCOC. The van der Waals surface area contributed by atoms with E-state index >= 15 is 0 Å². The van der Waals surface area contributed by atoms with Crippen molar-refractivity contribution < 1.29 is 9.53 Å². The van der Waals surface area contributed by atoms with Crippen molar-refractivity contribution in [1.29, 1.82) is 0 Å². The Balaban J connectivity index is 2.46. The normalized spacial score (nSPS) is 10.2. The highest BCUT2D eigenvalue weighted by atomic mass is 16.5. The van der Waals surface area contributed by atoms with E-state index in [9.17, 15) is 4.79 Å². The fourth-order valence-electron chi connectivity index (χ4n) is 1.76. The average molecular weight is 264 g/mol. The Hall–Kier alpha value is -1.55. The highest BCUT2D eigenvalue weighted by molar-refractivity contribution is 5.99. The maximum atomic E-state index is 12.1. The lowest BCUT2D eigenvalue weighted by molar-refractivity contribution is 0.0952. The molecule has 1 aromatic carbocycles. The molecule has 4 nitrogen and oxygen atoms in total. The minimum absolute atomic E-state index is 0.0170. The van der Waals surface area contributed by atoms with Gasteiger partial charge < -0.3 is 15.4 Å².